The molecule has 1 aromatic carbocycles. The molecule has 0 saturated heterocycles. The van der Waals surface area contributed by atoms with Crippen molar-refractivity contribution in [3.05, 3.63) is 58.7 Å². The van der Waals surface area contributed by atoms with E-state index in [1.165, 1.54) is 12.1 Å². The molecule has 0 radical (unpaired) electrons. The zero-order valence-electron chi connectivity index (χ0n) is 10.7. The average Bonchev–Trinajstić information content (AvgIpc) is 2.37. The molecule has 0 spiro atoms. The first-order valence-corrected chi connectivity index (χ1v) is 6.59. The Morgan fingerprint density at radius 2 is 1.89 bits per heavy atom. The van der Waals surface area contributed by atoms with E-state index in [-0.39, 0.29) is 17.8 Å². The number of benzene rings is 1. The van der Waals surface area contributed by atoms with Crippen LogP contribution in [0.4, 0.5) is 4.39 Å². The molecule has 1 heterocycles. The summed E-state index contributed by atoms with van der Waals surface area (Å²) in [5, 5.41) is 0. The van der Waals surface area contributed by atoms with Crippen molar-refractivity contribution in [3.8, 4) is 0 Å². The third-order valence-electron chi connectivity index (χ3n) is 3.16. The quantitative estimate of drug-likeness (QED) is 0.832. The minimum absolute atomic E-state index is 0.153. The topological polar surface area (TPSA) is 23.6 Å². The van der Waals surface area contributed by atoms with Gasteiger partial charge in [0.2, 0.25) is 0 Å². The molecule has 2 rings (SSSR count). The zero-order valence-corrected chi connectivity index (χ0v) is 12.3. The van der Waals surface area contributed by atoms with Crippen molar-refractivity contribution in [1.82, 2.24) is 9.80 Å². The van der Waals surface area contributed by atoms with Gasteiger partial charge in [-0.15, -0.1) is 0 Å². The van der Waals surface area contributed by atoms with Gasteiger partial charge in [-0.2, -0.15) is 0 Å². The van der Waals surface area contributed by atoms with Crippen LogP contribution in [0.2, 0.25) is 0 Å². The summed E-state index contributed by atoms with van der Waals surface area (Å²) in [6, 6.07) is 5.90. The second-order valence-corrected chi connectivity index (χ2v) is 5.26. The van der Waals surface area contributed by atoms with Crippen LogP contribution in [-0.2, 0) is 4.79 Å². The molecule has 19 heavy (non-hydrogen) atoms. The fraction of sp³-hybridized carbons (Fsp3) is 0.214. The van der Waals surface area contributed by atoms with E-state index in [1.807, 2.05) is 14.0 Å². The standard InChI is InChI=1S/C14H14BrFN2O/c1-9(11-4-6-12(16)7-5-11)18-10(2)17(3)8-13(15)14(18)19/h4-9H,2H2,1,3H3. The van der Waals surface area contributed by atoms with Gasteiger partial charge in [0, 0.05) is 13.2 Å². The highest BCUT2D eigenvalue weighted by molar-refractivity contribution is 9.12. The van der Waals surface area contributed by atoms with Crippen molar-refractivity contribution >= 4 is 21.8 Å². The molecule has 1 aliphatic rings. The molecule has 1 unspecified atom stereocenters. The van der Waals surface area contributed by atoms with Crippen molar-refractivity contribution in [2.75, 3.05) is 7.05 Å². The van der Waals surface area contributed by atoms with Gasteiger partial charge < -0.3 is 4.90 Å². The van der Waals surface area contributed by atoms with Gasteiger partial charge in [-0.1, -0.05) is 18.7 Å². The number of nitrogens with zero attached hydrogens (tertiary/aromatic N) is 2. The van der Waals surface area contributed by atoms with Gasteiger partial charge in [0.25, 0.3) is 5.91 Å². The van der Waals surface area contributed by atoms with Crippen LogP contribution in [-0.4, -0.2) is 22.8 Å². The lowest BCUT2D eigenvalue weighted by molar-refractivity contribution is -0.128. The molecular formula is C14H14BrFN2O. The summed E-state index contributed by atoms with van der Waals surface area (Å²) in [4.78, 5) is 15.6. The van der Waals surface area contributed by atoms with Crippen LogP contribution < -0.4 is 0 Å². The number of hydrogen-bond donors (Lipinski definition) is 0. The van der Waals surface area contributed by atoms with E-state index in [9.17, 15) is 9.18 Å². The molecule has 0 bridgehead atoms. The average molecular weight is 325 g/mol. The van der Waals surface area contributed by atoms with Crippen molar-refractivity contribution < 1.29 is 9.18 Å². The van der Waals surface area contributed by atoms with Crippen molar-refractivity contribution in [3.63, 3.8) is 0 Å². The number of hydrogen-bond acceptors (Lipinski definition) is 2. The molecular weight excluding hydrogens is 311 g/mol. The molecule has 0 fully saturated rings. The third kappa shape index (κ3) is 2.56. The lowest BCUT2D eigenvalue weighted by Gasteiger charge is -2.37. The maximum Gasteiger partial charge on any atom is 0.268 e. The van der Waals surface area contributed by atoms with Crippen LogP contribution in [0.25, 0.3) is 0 Å². The van der Waals surface area contributed by atoms with Gasteiger partial charge in [-0.25, -0.2) is 4.39 Å². The summed E-state index contributed by atoms with van der Waals surface area (Å²) >= 11 is 3.24. The maximum absolute atomic E-state index is 12.9. The fourth-order valence-corrected chi connectivity index (χ4v) is 2.49. The van der Waals surface area contributed by atoms with E-state index in [0.717, 1.165) is 5.56 Å². The second kappa shape index (κ2) is 5.17. The first-order chi connectivity index (χ1) is 8.91. The smallest absolute Gasteiger partial charge is 0.268 e. The Bertz CT molecular complexity index is 553. The van der Waals surface area contributed by atoms with E-state index in [4.69, 9.17) is 0 Å². The van der Waals surface area contributed by atoms with E-state index in [0.29, 0.717) is 10.3 Å². The van der Waals surface area contributed by atoms with Gasteiger partial charge in [0.15, 0.2) is 0 Å². The predicted octanol–water partition coefficient (Wildman–Crippen LogP) is 3.37. The van der Waals surface area contributed by atoms with Crippen LogP contribution in [0.1, 0.15) is 18.5 Å². The van der Waals surface area contributed by atoms with E-state index in [2.05, 4.69) is 22.5 Å². The van der Waals surface area contributed by atoms with Crippen molar-refractivity contribution in [2.45, 2.75) is 13.0 Å². The number of carbonyl (C=O) groups excluding carboxylic acids is 1. The predicted molar refractivity (Wildman–Crippen MR) is 75.6 cm³/mol. The first kappa shape index (κ1) is 13.8. The monoisotopic (exact) mass is 324 g/mol. The van der Waals surface area contributed by atoms with Gasteiger partial charge >= 0.3 is 0 Å². The normalized spacial score (nSPS) is 17.6. The maximum atomic E-state index is 12.9. The highest BCUT2D eigenvalue weighted by Gasteiger charge is 2.31. The van der Waals surface area contributed by atoms with Gasteiger partial charge in [-0.05, 0) is 40.5 Å². The Balaban J connectivity index is 2.35. The van der Waals surface area contributed by atoms with Crippen molar-refractivity contribution in [1.29, 1.82) is 0 Å². The van der Waals surface area contributed by atoms with Gasteiger partial charge in [0.1, 0.15) is 11.6 Å². The van der Waals surface area contributed by atoms with E-state index < -0.39 is 0 Å². The van der Waals surface area contributed by atoms with Crippen molar-refractivity contribution in [2.24, 2.45) is 0 Å². The summed E-state index contributed by atoms with van der Waals surface area (Å²) in [6.45, 7) is 5.80. The minimum atomic E-state index is -0.294. The van der Waals surface area contributed by atoms with Crippen LogP contribution >= 0.6 is 15.9 Å². The summed E-state index contributed by atoms with van der Waals surface area (Å²) in [5.41, 5.74) is 0.853. The molecule has 0 saturated carbocycles. The number of amides is 1. The zero-order chi connectivity index (χ0) is 14.2. The number of rotatable bonds is 2. The SMILES string of the molecule is C=C1N(C)C=C(Br)C(=O)N1C(C)c1ccc(F)cc1. The summed E-state index contributed by atoms with van der Waals surface area (Å²) < 4.78 is 13.4. The van der Waals surface area contributed by atoms with Crippen LogP contribution in [0.3, 0.4) is 0 Å². The lowest BCUT2D eigenvalue weighted by Crippen LogP contribution is -2.41. The Kier molecular flexibility index (Phi) is 3.75. The minimum Gasteiger partial charge on any atom is -0.337 e. The highest BCUT2D eigenvalue weighted by atomic mass is 79.9. The number of halogens is 2. The van der Waals surface area contributed by atoms with Gasteiger partial charge in [-0.3, -0.25) is 9.69 Å². The Labute approximate surface area is 120 Å². The van der Waals surface area contributed by atoms with Gasteiger partial charge in [0.05, 0.1) is 10.5 Å². The fourth-order valence-electron chi connectivity index (χ4n) is 1.99. The molecule has 0 aliphatic carbocycles. The molecule has 1 atom stereocenters. The van der Waals surface area contributed by atoms with Crippen LogP contribution in [0, 0.1) is 5.82 Å². The summed E-state index contributed by atoms with van der Waals surface area (Å²) in [5.74, 6) is 0.142. The number of carbonyl (C=O) groups is 1. The van der Waals surface area contributed by atoms with E-state index >= 15 is 0 Å². The lowest BCUT2D eigenvalue weighted by atomic mass is 10.1. The molecule has 1 amide bonds. The second-order valence-electron chi connectivity index (χ2n) is 4.41. The molecule has 100 valence electrons. The first-order valence-electron chi connectivity index (χ1n) is 5.80. The molecule has 5 heteroatoms. The summed E-state index contributed by atoms with van der Waals surface area (Å²) in [7, 11) is 1.82. The Morgan fingerprint density at radius 1 is 1.32 bits per heavy atom. The highest BCUT2D eigenvalue weighted by Crippen LogP contribution is 2.31. The largest absolute Gasteiger partial charge is 0.337 e. The van der Waals surface area contributed by atoms with Crippen LogP contribution in [0.15, 0.2) is 47.3 Å². The Hall–Kier alpha value is -1.62. The molecule has 0 aromatic heterocycles. The third-order valence-corrected chi connectivity index (χ3v) is 3.70. The van der Waals surface area contributed by atoms with Crippen LogP contribution in [0.5, 0.6) is 0 Å². The molecule has 3 nitrogen and oxygen atoms in total. The Morgan fingerprint density at radius 3 is 2.47 bits per heavy atom. The molecule has 1 aliphatic heterocycles. The van der Waals surface area contributed by atoms with E-state index in [1.54, 1.807) is 28.1 Å². The molecule has 1 aromatic rings. The molecule has 0 N–H and O–H groups in total. The summed E-state index contributed by atoms with van der Waals surface area (Å²) in [6.07, 6.45) is 1.68.